The smallest absolute Gasteiger partial charge is 0.0409 e. The highest BCUT2D eigenvalue weighted by atomic mass is 35.5. The van der Waals surface area contributed by atoms with Gasteiger partial charge in [0.05, 0.1) is 0 Å². The topological polar surface area (TPSA) is 9.72 Å². The van der Waals surface area contributed by atoms with Crippen LogP contribution < -0.4 is 0 Å². The molecule has 1 atom stereocenters. The van der Waals surface area contributed by atoms with Gasteiger partial charge in [0.25, 0.3) is 0 Å². The van der Waals surface area contributed by atoms with E-state index in [1.165, 1.54) is 70.8 Å². The Kier molecular flexibility index (Phi) is 6.35. The Hall–Kier alpha value is -0.610. The van der Waals surface area contributed by atoms with Gasteiger partial charge in [-0.2, -0.15) is 0 Å². The van der Waals surface area contributed by atoms with Gasteiger partial charge in [-0.25, -0.2) is 0 Å². The highest BCUT2D eigenvalue weighted by Crippen LogP contribution is 2.19. The zero-order valence-electron chi connectivity index (χ0n) is 14.4. The van der Waals surface area contributed by atoms with Gasteiger partial charge in [0.1, 0.15) is 0 Å². The molecule has 128 valence electrons. The van der Waals surface area contributed by atoms with Gasteiger partial charge in [0, 0.05) is 50.8 Å². The third-order valence-corrected chi connectivity index (χ3v) is 5.56. The van der Waals surface area contributed by atoms with E-state index in [2.05, 4.69) is 39.8 Å². The van der Waals surface area contributed by atoms with Crippen molar-refractivity contribution in [3.8, 4) is 0 Å². The van der Waals surface area contributed by atoms with Crippen molar-refractivity contribution in [2.45, 2.75) is 26.3 Å². The number of piperazine rings is 1. The molecule has 4 heteroatoms. The van der Waals surface area contributed by atoms with E-state index in [1.807, 2.05) is 6.07 Å². The van der Waals surface area contributed by atoms with Crippen LogP contribution in [0.5, 0.6) is 0 Å². The summed E-state index contributed by atoms with van der Waals surface area (Å²) in [6.45, 7) is 13.2. The molecule has 2 fully saturated rings. The van der Waals surface area contributed by atoms with Gasteiger partial charge < -0.3 is 9.80 Å². The summed E-state index contributed by atoms with van der Waals surface area (Å²) in [7, 11) is 0. The van der Waals surface area contributed by atoms with E-state index < -0.39 is 0 Å². The molecule has 0 bridgehead atoms. The number of hydrogen-bond donors (Lipinski definition) is 0. The number of hydrogen-bond acceptors (Lipinski definition) is 3. The maximum Gasteiger partial charge on any atom is 0.0409 e. The largest absolute Gasteiger partial charge is 0.303 e. The van der Waals surface area contributed by atoms with Crippen LogP contribution in [0.3, 0.4) is 0 Å². The van der Waals surface area contributed by atoms with Gasteiger partial charge in [0.2, 0.25) is 0 Å². The summed E-state index contributed by atoms with van der Waals surface area (Å²) in [4.78, 5) is 7.85. The Morgan fingerprint density at radius 1 is 1.04 bits per heavy atom. The molecule has 2 aliphatic rings. The molecule has 2 saturated heterocycles. The van der Waals surface area contributed by atoms with Crippen molar-refractivity contribution < 1.29 is 0 Å². The molecule has 2 heterocycles. The number of halogens is 1. The number of rotatable bonds is 5. The minimum absolute atomic E-state index is 0.846. The lowest BCUT2D eigenvalue weighted by Crippen LogP contribution is -2.49. The molecule has 0 unspecified atom stereocenters. The maximum absolute atomic E-state index is 6.09. The normalized spacial score (nSPS) is 24.9. The van der Waals surface area contributed by atoms with Crippen molar-refractivity contribution in [3.63, 3.8) is 0 Å². The molecule has 0 saturated carbocycles. The Morgan fingerprint density at radius 2 is 1.83 bits per heavy atom. The van der Waals surface area contributed by atoms with Crippen LogP contribution in [0.1, 0.15) is 25.3 Å². The summed E-state index contributed by atoms with van der Waals surface area (Å²) in [6, 6.07) is 8.28. The molecule has 0 aliphatic carbocycles. The summed E-state index contributed by atoms with van der Waals surface area (Å²) in [6.07, 6.45) is 2.80. The molecule has 3 rings (SSSR count). The molecular weight excluding hydrogens is 306 g/mol. The van der Waals surface area contributed by atoms with Gasteiger partial charge in [0.15, 0.2) is 0 Å². The lowest BCUT2D eigenvalue weighted by atomic mass is 9.97. The zero-order valence-corrected chi connectivity index (χ0v) is 15.1. The standard InChI is InChI=1S/C19H30ClN3/c1-2-21-8-4-6-18(15-21)16-23-11-9-22(10-12-23)14-17-5-3-7-19(20)13-17/h3,5,7,13,18H,2,4,6,8-12,14-16H2,1H3/t18-/m1/s1. The van der Waals surface area contributed by atoms with Gasteiger partial charge in [-0.1, -0.05) is 30.7 Å². The highest BCUT2D eigenvalue weighted by molar-refractivity contribution is 6.30. The number of nitrogens with zero attached hydrogens (tertiary/aromatic N) is 3. The summed E-state index contributed by atoms with van der Waals surface area (Å²) >= 11 is 6.09. The van der Waals surface area contributed by atoms with E-state index in [9.17, 15) is 0 Å². The van der Waals surface area contributed by atoms with Gasteiger partial charge in [-0.05, 0) is 49.5 Å². The van der Waals surface area contributed by atoms with Gasteiger partial charge in [-0.15, -0.1) is 0 Å². The van der Waals surface area contributed by atoms with Crippen LogP contribution in [0.4, 0.5) is 0 Å². The van der Waals surface area contributed by atoms with Crippen molar-refractivity contribution in [2.24, 2.45) is 5.92 Å². The molecule has 0 radical (unpaired) electrons. The number of piperidine rings is 1. The van der Waals surface area contributed by atoms with E-state index in [0.717, 1.165) is 17.5 Å². The molecule has 1 aromatic carbocycles. The summed E-state index contributed by atoms with van der Waals surface area (Å²) < 4.78 is 0. The van der Waals surface area contributed by atoms with Gasteiger partial charge >= 0.3 is 0 Å². The lowest BCUT2D eigenvalue weighted by Gasteiger charge is -2.39. The highest BCUT2D eigenvalue weighted by Gasteiger charge is 2.23. The zero-order chi connectivity index (χ0) is 16.1. The lowest BCUT2D eigenvalue weighted by molar-refractivity contribution is 0.0883. The van der Waals surface area contributed by atoms with Crippen molar-refractivity contribution in [1.82, 2.24) is 14.7 Å². The Morgan fingerprint density at radius 3 is 2.57 bits per heavy atom. The van der Waals surface area contributed by atoms with E-state index in [4.69, 9.17) is 11.6 Å². The van der Waals surface area contributed by atoms with Crippen molar-refractivity contribution in [3.05, 3.63) is 34.9 Å². The minimum Gasteiger partial charge on any atom is -0.303 e. The van der Waals surface area contributed by atoms with E-state index in [1.54, 1.807) is 0 Å². The first-order chi connectivity index (χ1) is 11.2. The molecule has 0 spiro atoms. The van der Waals surface area contributed by atoms with Crippen molar-refractivity contribution >= 4 is 11.6 Å². The SMILES string of the molecule is CCN1CCC[C@@H](CN2CCN(Cc3cccc(Cl)c3)CC2)C1. The second kappa shape index (κ2) is 8.48. The first kappa shape index (κ1) is 17.2. The Balaban J connectivity index is 1.41. The molecule has 0 amide bonds. The average Bonchev–Trinajstić information content (AvgIpc) is 2.57. The van der Waals surface area contributed by atoms with Crippen LogP contribution >= 0.6 is 11.6 Å². The fraction of sp³-hybridized carbons (Fsp3) is 0.684. The van der Waals surface area contributed by atoms with Gasteiger partial charge in [-0.3, -0.25) is 4.90 Å². The fourth-order valence-electron chi connectivity index (χ4n) is 3.98. The summed E-state index contributed by atoms with van der Waals surface area (Å²) in [5, 5.41) is 0.846. The molecule has 0 aromatic heterocycles. The third-order valence-electron chi connectivity index (χ3n) is 5.33. The molecule has 3 nitrogen and oxygen atoms in total. The number of benzene rings is 1. The Labute approximate surface area is 146 Å². The van der Waals surface area contributed by atoms with Crippen LogP contribution in [0.15, 0.2) is 24.3 Å². The molecule has 2 aliphatic heterocycles. The fourth-order valence-corrected chi connectivity index (χ4v) is 4.19. The second-order valence-corrected chi connectivity index (χ2v) is 7.54. The predicted molar refractivity (Wildman–Crippen MR) is 98.0 cm³/mol. The minimum atomic E-state index is 0.846. The molecule has 23 heavy (non-hydrogen) atoms. The maximum atomic E-state index is 6.09. The summed E-state index contributed by atoms with van der Waals surface area (Å²) in [5.74, 6) is 0.878. The Bertz CT molecular complexity index is 485. The predicted octanol–water partition coefficient (Wildman–Crippen LogP) is 3.19. The van der Waals surface area contributed by atoms with Crippen LogP contribution in [-0.4, -0.2) is 67.1 Å². The van der Waals surface area contributed by atoms with Crippen LogP contribution in [0.25, 0.3) is 0 Å². The van der Waals surface area contributed by atoms with Crippen LogP contribution in [-0.2, 0) is 6.54 Å². The second-order valence-electron chi connectivity index (χ2n) is 7.11. The van der Waals surface area contributed by atoms with E-state index >= 15 is 0 Å². The van der Waals surface area contributed by atoms with Crippen LogP contribution in [0, 0.1) is 5.92 Å². The van der Waals surface area contributed by atoms with E-state index in [0.29, 0.717) is 0 Å². The first-order valence-electron chi connectivity index (χ1n) is 9.14. The first-order valence-corrected chi connectivity index (χ1v) is 9.52. The summed E-state index contributed by atoms with van der Waals surface area (Å²) in [5.41, 5.74) is 1.33. The molecule has 1 aromatic rings. The molecular formula is C19H30ClN3. The average molecular weight is 336 g/mol. The quantitative estimate of drug-likeness (QED) is 0.818. The van der Waals surface area contributed by atoms with Crippen LogP contribution in [0.2, 0.25) is 5.02 Å². The van der Waals surface area contributed by atoms with Crippen molar-refractivity contribution in [2.75, 3.05) is 52.4 Å². The monoisotopic (exact) mass is 335 g/mol. The van der Waals surface area contributed by atoms with Crippen molar-refractivity contribution in [1.29, 1.82) is 0 Å². The number of likely N-dealkylation sites (tertiary alicyclic amines) is 1. The van der Waals surface area contributed by atoms with E-state index in [-0.39, 0.29) is 0 Å². The molecule has 0 N–H and O–H groups in total. The third kappa shape index (κ3) is 5.18.